The lowest BCUT2D eigenvalue weighted by Gasteiger charge is -2.25. The number of furan rings is 2. The number of aryl methyl sites for hydroxylation is 3. The molecule has 5 rings (SSSR count). The van der Waals surface area contributed by atoms with Crippen LogP contribution in [0.3, 0.4) is 0 Å². The third kappa shape index (κ3) is 3.42. The molecule has 0 fully saturated rings. The molecule has 7 heteroatoms. The average Bonchev–Trinajstić information content (AvgIpc) is 3.35. The third-order valence-electron chi connectivity index (χ3n) is 5.73. The summed E-state index contributed by atoms with van der Waals surface area (Å²) in [4.78, 5) is 12.9. The van der Waals surface area contributed by atoms with Crippen molar-refractivity contribution in [2.45, 2.75) is 26.7 Å². The Balaban J connectivity index is 1.49. The molecule has 3 heterocycles. The molecule has 2 aromatic heterocycles. The highest BCUT2D eigenvalue weighted by Crippen LogP contribution is 2.44. The number of carbonyl (C=O) groups excluding carboxylic acids is 1. The molecule has 1 atom stereocenters. The quantitative estimate of drug-likeness (QED) is 0.336. The van der Waals surface area contributed by atoms with Crippen molar-refractivity contribution in [1.82, 2.24) is 0 Å². The van der Waals surface area contributed by atoms with Crippen LogP contribution in [0.5, 0.6) is 11.5 Å². The molecule has 0 aliphatic carbocycles. The highest BCUT2D eigenvalue weighted by Gasteiger charge is 2.33. The van der Waals surface area contributed by atoms with Crippen molar-refractivity contribution in [3.63, 3.8) is 0 Å². The molecule has 7 nitrogen and oxygen atoms in total. The van der Waals surface area contributed by atoms with Gasteiger partial charge in [-0.15, -0.1) is 0 Å². The lowest BCUT2D eigenvalue weighted by Crippen LogP contribution is -2.21. The Labute approximate surface area is 189 Å². The molecule has 33 heavy (non-hydrogen) atoms. The Morgan fingerprint density at radius 2 is 1.88 bits per heavy atom. The summed E-state index contributed by atoms with van der Waals surface area (Å²) in [5, 5.41) is 10.5. The fourth-order valence-corrected chi connectivity index (χ4v) is 4.08. The van der Waals surface area contributed by atoms with E-state index in [1.165, 1.54) is 0 Å². The number of rotatable bonds is 3. The van der Waals surface area contributed by atoms with Crippen molar-refractivity contribution >= 4 is 16.9 Å². The summed E-state index contributed by atoms with van der Waals surface area (Å²) in [6, 6.07) is 16.5. The molecule has 1 unspecified atom stereocenters. The molecule has 0 bridgehead atoms. The Morgan fingerprint density at radius 1 is 1.06 bits per heavy atom. The van der Waals surface area contributed by atoms with Crippen LogP contribution in [0.15, 0.2) is 68.8 Å². The van der Waals surface area contributed by atoms with Crippen LogP contribution in [-0.4, -0.2) is 5.97 Å². The summed E-state index contributed by atoms with van der Waals surface area (Å²) < 4.78 is 22.8. The van der Waals surface area contributed by atoms with E-state index in [1.807, 2.05) is 45.0 Å². The van der Waals surface area contributed by atoms with Gasteiger partial charge in [0.2, 0.25) is 11.6 Å². The third-order valence-corrected chi connectivity index (χ3v) is 5.73. The van der Waals surface area contributed by atoms with Gasteiger partial charge in [-0.2, -0.15) is 5.26 Å². The molecular weight excluding hydrogens is 420 g/mol. The summed E-state index contributed by atoms with van der Waals surface area (Å²) >= 11 is 0. The van der Waals surface area contributed by atoms with Crippen LogP contribution in [-0.2, 0) is 0 Å². The zero-order valence-corrected chi connectivity index (χ0v) is 18.3. The molecule has 1 aliphatic rings. The van der Waals surface area contributed by atoms with Crippen LogP contribution in [0.2, 0.25) is 0 Å². The minimum atomic E-state index is -0.614. The first-order valence-electron chi connectivity index (χ1n) is 10.4. The van der Waals surface area contributed by atoms with Gasteiger partial charge in [0.15, 0.2) is 0 Å². The molecule has 2 N–H and O–H groups in total. The van der Waals surface area contributed by atoms with E-state index in [9.17, 15) is 10.1 Å². The first-order valence-corrected chi connectivity index (χ1v) is 10.4. The Bertz CT molecular complexity index is 1500. The van der Waals surface area contributed by atoms with Crippen LogP contribution < -0.4 is 15.2 Å². The average molecular weight is 440 g/mol. The number of ether oxygens (including phenoxy) is 2. The fraction of sp³-hybridized carbons (Fsp3) is 0.154. The summed E-state index contributed by atoms with van der Waals surface area (Å²) in [5.74, 6) is 0.936. The summed E-state index contributed by atoms with van der Waals surface area (Å²) in [6.07, 6.45) is 0. The number of nitriles is 1. The molecular formula is C26H20N2O5. The predicted molar refractivity (Wildman–Crippen MR) is 120 cm³/mol. The second-order valence-electron chi connectivity index (χ2n) is 8.02. The van der Waals surface area contributed by atoms with Crippen LogP contribution in [0.1, 0.15) is 44.7 Å². The van der Waals surface area contributed by atoms with Gasteiger partial charge >= 0.3 is 5.97 Å². The minimum Gasteiger partial charge on any atom is -0.465 e. The smallest absolute Gasteiger partial charge is 0.379 e. The van der Waals surface area contributed by atoms with Crippen molar-refractivity contribution in [2.75, 3.05) is 0 Å². The van der Waals surface area contributed by atoms with Gasteiger partial charge in [0.05, 0.1) is 5.92 Å². The van der Waals surface area contributed by atoms with Crippen LogP contribution in [0, 0.1) is 32.1 Å². The van der Waals surface area contributed by atoms with Crippen molar-refractivity contribution in [2.24, 2.45) is 5.73 Å². The number of nitrogens with two attached hydrogens (primary N) is 1. The SMILES string of the molecule is Cc1ccc2c(C)c(C(=O)Oc3ccc4c(c3)OC(N)=C(C#N)C4c3ccc(C)o3)oc2c1. The van der Waals surface area contributed by atoms with Gasteiger partial charge in [0.1, 0.15) is 40.2 Å². The van der Waals surface area contributed by atoms with Crippen LogP contribution in [0.25, 0.3) is 11.0 Å². The van der Waals surface area contributed by atoms with E-state index < -0.39 is 11.9 Å². The lowest BCUT2D eigenvalue weighted by molar-refractivity contribution is 0.0702. The van der Waals surface area contributed by atoms with E-state index >= 15 is 0 Å². The highest BCUT2D eigenvalue weighted by atomic mass is 16.5. The normalized spacial score (nSPS) is 15.2. The van der Waals surface area contributed by atoms with Crippen LogP contribution in [0.4, 0.5) is 0 Å². The second-order valence-corrected chi connectivity index (χ2v) is 8.02. The standard InChI is InChI=1S/C26H20N2O5/c1-13-4-7-17-15(3)24(32-21(17)10-13)26(29)31-16-6-8-18-22(11-16)33-25(28)19(12-27)23(18)20-9-5-14(2)30-20/h4-11,23H,28H2,1-3H3. The minimum absolute atomic E-state index is 0.0176. The maximum atomic E-state index is 12.9. The van der Waals surface area contributed by atoms with E-state index in [0.717, 1.165) is 16.7 Å². The molecule has 2 aromatic carbocycles. The van der Waals surface area contributed by atoms with Gasteiger partial charge in [-0.1, -0.05) is 18.2 Å². The van der Waals surface area contributed by atoms with Crippen LogP contribution >= 0.6 is 0 Å². The topological polar surface area (TPSA) is 112 Å². The van der Waals surface area contributed by atoms with Crippen molar-refractivity contribution < 1.29 is 23.1 Å². The number of nitrogens with zero attached hydrogens (tertiary/aromatic N) is 1. The zero-order chi connectivity index (χ0) is 23.3. The predicted octanol–water partition coefficient (Wildman–Crippen LogP) is 5.39. The number of esters is 1. The maximum Gasteiger partial charge on any atom is 0.379 e. The fourth-order valence-electron chi connectivity index (χ4n) is 4.08. The number of allylic oxidation sites excluding steroid dienone is 1. The molecule has 0 saturated heterocycles. The molecule has 0 radical (unpaired) electrons. The van der Waals surface area contributed by atoms with Crippen molar-refractivity contribution in [3.05, 3.63) is 94.0 Å². The molecule has 0 amide bonds. The first-order chi connectivity index (χ1) is 15.9. The number of hydrogen-bond donors (Lipinski definition) is 1. The Kier molecular flexibility index (Phi) is 4.72. The molecule has 4 aromatic rings. The first kappa shape index (κ1) is 20.5. The van der Waals surface area contributed by atoms with Crippen molar-refractivity contribution in [1.29, 1.82) is 5.26 Å². The zero-order valence-electron chi connectivity index (χ0n) is 18.3. The summed E-state index contributed by atoms with van der Waals surface area (Å²) in [6.45, 7) is 5.60. The Hall–Kier alpha value is -4.44. The van der Waals surface area contributed by atoms with E-state index in [-0.39, 0.29) is 23.0 Å². The van der Waals surface area contributed by atoms with Gasteiger partial charge in [0.25, 0.3) is 0 Å². The highest BCUT2D eigenvalue weighted by molar-refractivity contribution is 5.97. The number of hydrogen-bond acceptors (Lipinski definition) is 7. The largest absolute Gasteiger partial charge is 0.465 e. The van der Waals surface area contributed by atoms with E-state index in [4.69, 9.17) is 24.0 Å². The van der Waals surface area contributed by atoms with Gasteiger partial charge in [-0.05, 0) is 50.6 Å². The monoisotopic (exact) mass is 440 g/mol. The number of fused-ring (bicyclic) bond motifs is 2. The molecule has 1 aliphatic heterocycles. The van der Waals surface area contributed by atoms with E-state index in [1.54, 1.807) is 24.3 Å². The van der Waals surface area contributed by atoms with Gasteiger partial charge in [-0.3, -0.25) is 0 Å². The van der Waals surface area contributed by atoms with Gasteiger partial charge < -0.3 is 24.0 Å². The van der Waals surface area contributed by atoms with Crippen molar-refractivity contribution in [3.8, 4) is 17.6 Å². The van der Waals surface area contributed by atoms with Gasteiger partial charge in [0, 0.05) is 22.6 Å². The van der Waals surface area contributed by atoms with Gasteiger partial charge in [-0.25, -0.2) is 4.79 Å². The Morgan fingerprint density at radius 3 is 2.61 bits per heavy atom. The summed E-state index contributed by atoms with van der Waals surface area (Å²) in [5.41, 5.74) is 9.35. The van der Waals surface area contributed by atoms with E-state index in [2.05, 4.69) is 6.07 Å². The second kappa shape index (κ2) is 7.61. The molecule has 0 spiro atoms. The molecule has 164 valence electrons. The maximum absolute atomic E-state index is 12.9. The number of carbonyl (C=O) groups is 1. The lowest BCUT2D eigenvalue weighted by atomic mass is 9.87. The molecule has 0 saturated carbocycles. The van der Waals surface area contributed by atoms with E-state index in [0.29, 0.717) is 28.2 Å². The summed E-state index contributed by atoms with van der Waals surface area (Å²) in [7, 11) is 0. The number of benzene rings is 2.